The van der Waals surface area contributed by atoms with Gasteiger partial charge in [0.05, 0.1) is 17.4 Å². The highest BCUT2D eigenvalue weighted by Gasteiger charge is 2.40. The molecule has 1 saturated carbocycles. The maximum atomic E-state index is 12.7. The van der Waals surface area contributed by atoms with Gasteiger partial charge in [-0.1, -0.05) is 30.9 Å². The first-order valence-electron chi connectivity index (χ1n) is 8.53. The molecule has 0 aromatic carbocycles. The van der Waals surface area contributed by atoms with Gasteiger partial charge in [0.1, 0.15) is 0 Å². The lowest BCUT2D eigenvalue weighted by Gasteiger charge is -2.49. The van der Waals surface area contributed by atoms with E-state index in [1.165, 1.54) is 32.1 Å². The third-order valence-electron chi connectivity index (χ3n) is 5.24. The molecule has 1 aromatic rings. The van der Waals surface area contributed by atoms with Gasteiger partial charge in [-0.2, -0.15) is 0 Å². The summed E-state index contributed by atoms with van der Waals surface area (Å²) < 4.78 is 0.782. The predicted octanol–water partition coefficient (Wildman–Crippen LogP) is 2.97. The van der Waals surface area contributed by atoms with E-state index >= 15 is 0 Å². The van der Waals surface area contributed by atoms with E-state index in [1.807, 2.05) is 24.1 Å². The van der Waals surface area contributed by atoms with Crippen LogP contribution in [-0.4, -0.2) is 54.5 Å². The molecule has 1 aliphatic heterocycles. The molecule has 2 aliphatic rings. The average Bonchev–Trinajstić information content (AvgIpc) is 2.95. The van der Waals surface area contributed by atoms with Crippen LogP contribution in [0, 0.1) is 0 Å². The standard InChI is InChI=1S/C17H26ClN3OS/c1-20(11-14-5-6-15(18)23-14)16(22)12-21-10-9-19-13-17(21)7-3-2-4-8-17/h5-6,19H,2-4,7-13H2,1H3. The van der Waals surface area contributed by atoms with Crippen LogP contribution in [0.4, 0.5) is 0 Å². The summed E-state index contributed by atoms with van der Waals surface area (Å²) in [6.45, 7) is 4.18. The highest BCUT2D eigenvalue weighted by molar-refractivity contribution is 7.16. The van der Waals surface area contributed by atoms with Crippen LogP contribution in [0.25, 0.3) is 0 Å². The monoisotopic (exact) mass is 355 g/mol. The van der Waals surface area contributed by atoms with Gasteiger partial charge in [0, 0.05) is 37.1 Å². The number of thiophene rings is 1. The number of rotatable bonds is 4. The predicted molar refractivity (Wildman–Crippen MR) is 96.1 cm³/mol. The summed E-state index contributed by atoms with van der Waals surface area (Å²) in [5.41, 5.74) is 0.208. The molecule has 1 aliphatic carbocycles. The molecule has 2 heterocycles. The number of hydrogen-bond donors (Lipinski definition) is 1. The number of nitrogens with one attached hydrogen (secondary N) is 1. The van der Waals surface area contributed by atoms with Gasteiger partial charge in [0.2, 0.25) is 5.91 Å². The van der Waals surface area contributed by atoms with Gasteiger partial charge in [0.25, 0.3) is 0 Å². The van der Waals surface area contributed by atoms with Crippen molar-refractivity contribution in [2.75, 3.05) is 33.2 Å². The maximum absolute atomic E-state index is 12.7. The number of amides is 1. The van der Waals surface area contributed by atoms with Crippen LogP contribution in [0.3, 0.4) is 0 Å². The van der Waals surface area contributed by atoms with Gasteiger partial charge >= 0.3 is 0 Å². The highest BCUT2D eigenvalue weighted by atomic mass is 35.5. The smallest absolute Gasteiger partial charge is 0.236 e. The normalized spacial score (nSPS) is 21.5. The molecule has 0 unspecified atom stereocenters. The first-order chi connectivity index (χ1) is 11.1. The van der Waals surface area contributed by atoms with Crippen molar-refractivity contribution in [3.05, 3.63) is 21.3 Å². The zero-order valence-corrected chi connectivity index (χ0v) is 15.4. The Morgan fingerprint density at radius 1 is 1.39 bits per heavy atom. The Balaban J connectivity index is 1.60. The molecular formula is C17H26ClN3OS. The second-order valence-corrected chi connectivity index (χ2v) is 8.64. The Kier molecular flexibility index (Phi) is 5.62. The Labute approximate surface area is 147 Å². The number of carbonyl (C=O) groups excluding carboxylic acids is 1. The van der Waals surface area contributed by atoms with Crippen molar-refractivity contribution in [3.63, 3.8) is 0 Å². The first kappa shape index (κ1) is 17.2. The van der Waals surface area contributed by atoms with E-state index in [0.717, 1.165) is 28.8 Å². The second kappa shape index (κ2) is 7.51. The van der Waals surface area contributed by atoms with Crippen LogP contribution in [0.5, 0.6) is 0 Å². The van der Waals surface area contributed by atoms with Crippen molar-refractivity contribution in [1.29, 1.82) is 0 Å². The van der Waals surface area contributed by atoms with Gasteiger partial charge < -0.3 is 10.2 Å². The molecule has 3 rings (SSSR count). The summed E-state index contributed by atoms with van der Waals surface area (Å²) in [7, 11) is 1.89. The number of hydrogen-bond acceptors (Lipinski definition) is 4. The Bertz CT molecular complexity index is 533. The quantitative estimate of drug-likeness (QED) is 0.901. The number of carbonyl (C=O) groups is 1. The SMILES string of the molecule is CN(Cc1ccc(Cl)s1)C(=O)CN1CCNCC12CCCCC2. The number of nitrogens with zero attached hydrogens (tertiary/aromatic N) is 2. The van der Waals surface area contributed by atoms with Crippen molar-refractivity contribution >= 4 is 28.8 Å². The summed E-state index contributed by atoms with van der Waals surface area (Å²) in [6, 6.07) is 3.90. The largest absolute Gasteiger partial charge is 0.340 e. The van der Waals surface area contributed by atoms with Crippen molar-refractivity contribution in [2.45, 2.75) is 44.2 Å². The lowest BCUT2D eigenvalue weighted by atomic mass is 9.79. The molecule has 1 N–H and O–H groups in total. The minimum absolute atomic E-state index is 0.208. The zero-order chi connectivity index (χ0) is 16.3. The molecule has 0 radical (unpaired) electrons. The van der Waals surface area contributed by atoms with Gasteiger partial charge in [-0.15, -0.1) is 11.3 Å². The summed E-state index contributed by atoms with van der Waals surface area (Å²) in [5, 5.41) is 3.54. The molecule has 0 atom stereocenters. The van der Waals surface area contributed by atoms with E-state index in [1.54, 1.807) is 11.3 Å². The molecule has 6 heteroatoms. The minimum Gasteiger partial charge on any atom is -0.340 e. The third kappa shape index (κ3) is 4.08. The number of piperazine rings is 1. The van der Waals surface area contributed by atoms with E-state index in [4.69, 9.17) is 11.6 Å². The minimum atomic E-state index is 0.208. The molecule has 128 valence electrons. The molecular weight excluding hydrogens is 330 g/mol. The van der Waals surface area contributed by atoms with Crippen molar-refractivity contribution in [2.24, 2.45) is 0 Å². The fourth-order valence-electron chi connectivity index (χ4n) is 3.88. The second-order valence-electron chi connectivity index (χ2n) is 6.84. The summed E-state index contributed by atoms with van der Waals surface area (Å²) >= 11 is 7.53. The van der Waals surface area contributed by atoms with Crippen molar-refractivity contribution < 1.29 is 4.79 Å². The van der Waals surface area contributed by atoms with Crippen molar-refractivity contribution in [1.82, 2.24) is 15.1 Å². The van der Waals surface area contributed by atoms with E-state index in [0.29, 0.717) is 13.1 Å². The van der Waals surface area contributed by atoms with Crippen molar-refractivity contribution in [3.8, 4) is 0 Å². The summed E-state index contributed by atoms with van der Waals surface area (Å²) in [4.78, 5) is 18.1. The Morgan fingerprint density at radius 2 is 2.17 bits per heavy atom. The lowest BCUT2D eigenvalue weighted by Crippen LogP contribution is -2.63. The van der Waals surface area contributed by atoms with E-state index < -0.39 is 0 Å². The van der Waals surface area contributed by atoms with Gasteiger partial charge in [-0.05, 0) is 25.0 Å². The average molecular weight is 356 g/mol. The Hall–Kier alpha value is -0.620. The number of likely N-dealkylation sites (N-methyl/N-ethyl adjacent to an activating group) is 1. The first-order valence-corrected chi connectivity index (χ1v) is 9.72. The summed E-state index contributed by atoms with van der Waals surface area (Å²) in [6.07, 6.45) is 6.35. The molecule has 0 bridgehead atoms. The van der Waals surface area contributed by atoms with Crippen LogP contribution in [-0.2, 0) is 11.3 Å². The zero-order valence-electron chi connectivity index (χ0n) is 13.8. The van der Waals surface area contributed by atoms with E-state index in [9.17, 15) is 4.79 Å². The molecule has 1 aromatic heterocycles. The third-order valence-corrected chi connectivity index (χ3v) is 6.46. The fourth-order valence-corrected chi connectivity index (χ4v) is 5.02. The molecule has 2 fully saturated rings. The summed E-state index contributed by atoms with van der Waals surface area (Å²) in [5.74, 6) is 0.210. The van der Waals surface area contributed by atoms with Gasteiger partial charge in [-0.3, -0.25) is 9.69 Å². The van der Waals surface area contributed by atoms with Crippen LogP contribution >= 0.6 is 22.9 Å². The van der Waals surface area contributed by atoms with E-state index in [2.05, 4.69) is 10.2 Å². The van der Waals surface area contributed by atoms with Crippen LogP contribution in [0.1, 0.15) is 37.0 Å². The topological polar surface area (TPSA) is 35.6 Å². The maximum Gasteiger partial charge on any atom is 0.236 e. The van der Waals surface area contributed by atoms with Gasteiger partial charge in [0.15, 0.2) is 0 Å². The molecule has 4 nitrogen and oxygen atoms in total. The van der Waals surface area contributed by atoms with Gasteiger partial charge in [-0.25, -0.2) is 0 Å². The highest BCUT2D eigenvalue weighted by Crippen LogP contribution is 2.34. The molecule has 1 amide bonds. The number of halogens is 1. The van der Waals surface area contributed by atoms with Crippen LogP contribution in [0.15, 0.2) is 12.1 Å². The molecule has 1 spiro atoms. The lowest BCUT2D eigenvalue weighted by molar-refractivity contribution is -0.134. The molecule has 23 heavy (non-hydrogen) atoms. The van der Waals surface area contributed by atoms with Crippen LogP contribution < -0.4 is 5.32 Å². The fraction of sp³-hybridized carbons (Fsp3) is 0.706. The Morgan fingerprint density at radius 3 is 2.87 bits per heavy atom. The van der Waals surface area contributed by atoms with Crippen LogP contribution in [0.2, 0.25) is 4.34 Å². The van der Waals surface area contributed by atoms with E-state index in [-0.39, 0.29) is 11.4 Å². The molecule has 1 saturated heterocycles.